The quantitative estimate of drug-likeness (QED) is 0.472. The first kappa shape index (κ1) is 12.8. The third-order valence-electron chi connectivity index (χ3n) is 1.74. The van der Waals surface area contributed by atoms with Crippen LogP contribution in [0.15, 0.2) is 12.1 Å². The average molecular weight is 257 g/mol. The second-order valence-electron chi connectivity index (χ2n) is 2.79. The Balaban J connectivity index is 3.33. The molecule has 2 nitrogen and oxygen atoms in total. The van der Waals surface area contributed by atoms with Crippen LogP contribution in [-0.2, 0) is 0 Å². The molecule has 0 spiro atoms. The summed E-state index contributed by atoms with van der Waals surface area (Å²) in [5, 5.41) is -4.20. The molecule has 0 atom stereocenters. The summed E-state index contributed by atoms with van der Waals surface area (Å²) in [5.74, 6) is -5.12. The summed E-state index contributed by atoms with van der Waals surface area (Å²) in [6.45, 7) is 0. The first-order chi connectivity index (χ1) is 7.27. The third kappa shape index (κ3) is 2.44. The van der Waals surface area contributed by atoms with Gasteiger partial charge in [0.15, 0.2) is 11.6 Å². The van der Waals surface area contributed by atoms with Gasteiger partial charge in [0.1, 0.15) is 5.75 Å². The molecule has 1 rings (SSSR count). The summed E-state index contributed by atoms with van der Waals surface area (Å²) in [4.78, 5) is 11.1. The molecule has 0 saturated carbocycles. The van der Waals surface area contributed by atoms with Crippen molar-refractivity contribution in [2.75, 3.05) is 7.11 Å². The van der Waals surface area contributed by atoms with E-state index in [-0.39, 0.29) is 0 Å². The minimum absolute atomic E-state index is 0.312. The smallest absolute Gasteiger partial charge is 0.385 e. The van der Waals surface area contributed by atoms with Gasteiger partial charge in [-0.05, 0) is 17.7 Å². The van der Waals surface area contributed by atoms with Gasteiger partial charge >= 0.3 is 5.38 Å². The third-order valence-corrected chi connectivity index (χ3v) is 1.92. The maximum atomic E-state index is 12.8. The van der Waals surface area contributed by atoms with Gasteiger partial charge < -0.3 is 4.74 Å². The zero-order valence-electron chi connectivity index (χ0n) is 7.86. The molecule has 1 aromatic carbocycles. The first-order valence-corrected chi connectivity index (χ1v) is 4.29. The van der Waals surface area contributed by atoms with Crippen molar-refractivity contribution < 1.29 is 27.1 Å². The van der Waals surface area contributed by atoms with Gasteiger partial charge in [0.2, 0.25) is 0 Å². The zero-order chi connectivity index (χ0) is 12.5. The fourth-order valence-electron chi connectivity index (χ4n) is 1.03. The minimum atomic E-state index is -4.20. The Morgan fingerprint density at radius 1 is 1.31 bits per heavy atom. The van der Waals surface area contributed by atoms with E-state index in [1.807, 2.05) is 0 Å². The van der Waals surface area contributed by atoms with Gasteiger partial charge in [-0.25, -0.2) is 8.78 Å². The highest BCUT2D eigenvalue weighted by Gasteiger charge is 2.38. The number of rotatable bonds is 3. The molecule has 0 fully saturated rings. The van der Waals surface area contributed by atoms with Crippen LogP contribution in [0.3, 0.4) is 0 Å². The molecule has 16 heavy (non-hydrogen) atoms. The van der Waals surface area contributed by atoms with Gasteiger partial charge in [-0.3, -0.25) is 4.79 Å². The van der Waals surface area contributed by atoms with Crippen molar-refractivity contribution in [2.24, 2.45) is 0 Å². The van der Waals surface area contributed by atoms with E-state index in [9.17, 15) is 22.4 Å². The van der Waals surface area contributed by atoms with Gasteiger partial charge in [-0.15, -0.1) is 0 Å². The van der Waals surface area contributed by atoms with E-state index in [0.29, 0.717) is 12.1 Å². The molecule has 0 amide bonds. The lowest BCUT2D eigenvalue weighted by Crippen LogP contribution is -2.22. The molecule has 0 aliphatic rings. The largest absolute Gasteiger partial charge is 0.496 e. The second-order valence-corrected chi connectivity index (χ2v) is 3.27. The zero-order valence-corrected chi connectivity index (χ0v) is 8.62. The Morgan fingerprint density at radius 2 is 1.81 bits per heavy atom. The maximum Gasteiger partial charge on any atom is 0.385 e. The van der Waals surface area contributed by atoms with Crippen molar-refractivity contribution in [3.05, 3.63) is 29.3 Å². The van der Waals surface area contributed by atoms with Gasteiger partial charge in [0, 0.05) is 6.07 Å². The predicted molar refractivity (Wildman–Crippen MR) is 48.0 cm³/mol. The minimum Gasteiger partial charge on any atom is -0.496 e. The van der Waals surface area contributed by atoms with Gasteiger partial charge in [-0.2, -0.15) is 8.78 Å². The van der Waals surface area contributed by atoms with E-state index >= 15 is 0 Å². The Bertz CT molecular complexity index is 428. The molecule has 1 aromatic rings. The number of benzene rings is 1. The molecule has 0 N–H and O–H groups in total. The van der Waals surface area contributed by atoms with E-state index in [1.54, 1.807) is 0 Å². The van der Waals surface area contributed by atoms with E-state index < -0.39 is 34.1 Å². The van der Waals surface area contributed by atoms with Crippen LogP contribution in [0.4, 0.5) is 17.6 Å². The van der Waals surface area contributed by atoms with Crippen LogP contribution >= 0.6 is 11.6 Å². The van der Waals surface area contributed by atoms with Gasteiger partial charge in [0.25, 0.3) is 5.78 Å². The average Bonchev–Trinajstić information content (AvgIpc) is 2.19. The Hall–Kier alpha value is -1.30. The van der Waals surface area contributed by atoms with E-state index in [1.165, 1.54) is 0 Å². The number of ketones is 1. The fraction of sp³-hybridized carbons (Fsp3) is 0.222. The highest BCUT2D eigenvalue weighted by molar-refractivity contribution is 6.35. The van der Waals surface area contributed by atoms with E-state index in [2.05, 4.69) is 16.3 Å². The Labute approximate surface area is 92.8 Å². The van der Waals surface area contributed by atoms with Crippen LogP contribution < -0.4 is 4.74 Å². The molecule has 0 aliphatic heterocycles. The fourth-order valence-corrected chi connectivity index (χ4v) is 1.13. The van der Waals surface area contributed by atoms with Crippen molar-refractivity contribution in [3.8, 4) is 5.75 Å². The summed E-state index contributed by atoms with van der Waals surface area (Å²) >= 11 is 4.48. The van der Waals surface area contributed by atoms with Crippen molar-refractivity contribution in [1.82, 2.24) is 0 Å². The van der Waals surface area contributed by atoms with E-state index in [0.717, 1.165) is 7.11 Å². The molecule has 0 aromatic heterocycles. The lowest BCUT2D eigenvalue weighted by Gasteiger charge is -2.11. The number of carbonyl (C=O) groups is 1. The van der Waals surface area contributed by atoms with Crippen LogP contribution in [0.2, 0.25) is 0 Å². The summed E-state index contributed by atoms with van der Waals surface area (Å²) in [5.41, 5.74) is -0.818. The molecule has 0 bridgehead atoms. The van der Waals surface area contributed by atoms with Gasteiger partial charge in [0.05, 0.1) is 12.7 Å². The first-order valence-electron chi connectivity index (χ1n) is 3.92. The van der Waals surface area contributed by atoms with Crippen LogP contribution in [0.1, 0.15) is 10.4 Å². The number of hydrogen-bond donors (Lipinski definition) is 0. The van der Waals surface area contributed by atoms with Crippen molar-refractivity contribution in [2.45, 2.75) is 5.38 Å². The molecular formula is C9H5ClF4O2. The van der Waals surface area contributed by atoms with Crippen molar-refractivity contribution in [1.29, 1.82) is 0 Å². The number of halogens is 5. The normalized spacial score (nSPS) is 11.4. The number of carbonyl (C=O) groups excluding carboxylic acids is 1. The summed E-state index contributed by atoms with van der Waals surface area (Å²) < 4.78 is 55.0. The molecule has 0 heterocycles. The SMILES string of the molecule is COc1cc(F)c(F)cc1C(=O)C(F)(F)Cl. The molecule has 0 aliphatic carbocycles. The number of methoxy groups -OCH3 is 1. The molecular weight excluding hydrogens is 252 g/mol. The highest BCUT2D eigenvalue weighted by atomic mass is 35.5. The molecule has 7 heteroatoms. The maximum absolute atomic E-state index is 12.8. The van der Waals surface area contributed by atoms with E-state index in [4.69, 9.17) is 0 Å². The topological polar surface area (TPSA) is 26.3 Å². The molecule has 0 unspecified atom stereocenters. The second kappa shape index (κ2) is 4.29. The van der Waals surface area contributed by atoms with Crippen LogP contribution in [0.5, 0.6) is 5.75 Å². The molecule has 88 valence electrons. The van der Waals surface area contributed by atoms with Crippen molar-refractivity contribution in [3.63, 3.8) is 0 Å². The van der Waals surface area contributed by atoms with Gasteiger partial charge in [-0.1, -0.05) is 0 Å². The van der Waals surface area contributed by atoms with Crippen molar-refractivity contribution >= 4 is 17.4 Å². The Morgan fingerprint density at radius 3 is 2.25 bits per heavy atom. The standard InChI is InChI=1S/C9H5ClF4O2/c1-16-7-3-6(12)5(11)2-4(7)8(15)9(10,13)14/h2-3H,1H3. The summed E-state index contributed by atoms with van der Waals surface area (Å²) in [7, 11) is 1.02. The molecule has 0 radical (unpaired) electrons. The lowest BCUT2D eigenvalue weighted by atomic mass is 10.1. The summed E-state index contributed by atoms with van der Waals surface area (Å²) in [6, 6.07) is 0.804. The van der Waals surface area contributed by atoms with Crippen LogP contribution in [0.25, 0.3) is 0 Å². The lowest BCUT2D eigenvalue weighted by molar-refractivity contribution is 0.0532. The number of alkyl halides is 3. The molecule has 0 saturated heterocycles. The van der Waals surface area contributed by atoms with Crippen LogP contribution in [0, 0.1) is 11.6 Å². The monoisotopic (exact) mass is 256 g/mol. The number of Topliss-reactive ketones (excluding diaryl/α,β-unsaturated/α-hetero) is 1. The summed E-state index contributed by atoms with van der Waals surface area (Å²) in [6.07, 6.45) is 0. The number of hydrogen-bond acceptors (Lipinski definition) is 2. The van der Waals surface area contributed by atoms with Crippen LogP contribution in [-0.4, -0.2) is 18.3 Å². The highest BCUT2D eigenvalue weighted by Crippen LogP contribution is 2.30. The number of ether oxygens (including phenoxy) is 1. The Kier molecular flexibility index (Phi) is 3.42. The predicted octanol–water partition coefficient (Wildman–Crippen LogP) is 2.99.